The lowest BCUT2D eigenvalue weighted by Gasteiger charge is -1.94. The molecule has 2 N–H and O–H groups in total. The molecular formula is C8H14N2O. The van der Waals surface area contributed by atoms with Gasteiger partial charge in [-0.3, -0.25) is 0 Å². The van der Waals surface area contributed by atoms with E-state index < -0.39 is 0 Å². The maximum atomic E-state index is 5.57. The molecule has 0 aliphatic heterocycles. The van der Waals surface area contributed by atoms with Crippen LogP contribution < -0.4 is 5.73 Å². The van der Waals surface area contributed by atoms with Gasteiger partial charge in [0.1, 0.15) is 0 Å². The van der Waals surface area contributed by atoms with Crippen molar-refractivity contribution < 1.29 is 4.52 Å². The number of unbranched alkanes of at least 4 members (excludes halogenated alkanes) is 2. The molecule has 0 saturated heterocycles. The molecule has 0 amide bonds. The highest BCUT2D eigenvalue weighted by Gasteiger charge is 2.02. The minimum atomic E-state index is 0.682. The zero-order valence-corrected chi connectivity index (χ0v) is 6.84. The van der Waals surface area contributed by atoms with Gasteiger partial charge in [0, 0.05) is 6.42 Å². The van der Waals surface area contributed by atoms with Crippen molar-refractivity contribution in [2.75, 3.05) is 5.73 Å². The number of aryl methyl sites for hydroxylation is 1. The number of nitrogen functional groups attached to an aromatic ring is 1. The van der Waals surface area contributed by atoms with E-state index in [1.54, 1.807) is 6.20 Å². The van der Waals surface area contributed by atoms with Gasteiger partial charge in [0.2, 0.25) is 0 Å². The molecule has 3 heteroatoms. The molecule has 0 aliphatic rings. The number of rotatable bonds is 4. The highest BCUT2D eigenvalue weighted by molar-refractivity contribution is 5.37. The Morgan fingerprint density at radius 1 is 1.55 bits per heavy atom. The zero-order chi connectivity index (χ0) is 8.10. The van der Waals surface area contributed by atoms with Crippen LogP contribution in [0.25, 0.3) is 0 Å². The van der Waals surface area contributed by atoms with Gasteiger partial charge in [-0.1, -0.05) is 24.9 Å². The lowest BCUT2D eigenvalue weighted by Crippen LogP contribution is -1.89. The van der Waals surface area contributed by atoms with Crippen molar-refractivity contribution >= 4 is 5.69 Å². The monoisotopic (exact) mass is 154 g/mol. The zero-order valence-electron chi connectivity index (χ0n) is 6.84. The van der Waals surface area contributed by atoms with Crippen molar-refractivity contribution in [2.24, 2.45) is 0 Å². The average molecular weight is 154 g/mol. The van der Waals surface area contributed by atoms with Gasteiger partial charge >= 0.3 is 0 Å². The summed E-state index contributed by atoms with van der Waals surface area (Å²) in [4.78, 5) is 0. The molecule has 1 heterocycles. The van der Waals surface area contributed by atoms with E-state index in [0.29, 0.717) is 5.69 Å². The molecule has 0 aromatic carbocycles. The van der Waals surface area contributed by atoms with Gasteiger partial charge in [0.15, 0.2) is 5.76 Å². The van der Waals surface area contributed by atoms with Gasteiger partial charge < -0.3 is 10.3 Å². The summed E-state index contributed by atoms with van der Waals surface area (Å²) < 4.78 is 4.94. The molecule has 62 valence electrons. The molecule has 0 aliphatic carbocycles. The summed E-state index contributed by atoms with van der Waals surface area (Å²) in [5.74, 6) is 0.832. The molecular weight excluding hydrogens is 140 g/mol. The fourth-order valence-corrected chi connectivity index (χ4v) is 0.997. The number of nitrogens with two attached hydrogens (primary N) is 1. The van der Waals surface area contributed by atoms with E-state index in [2.05, 4.69) is 12.1 Å². The van der Waals surface area contributed by atoms with Gasteiger partial charge in [-0.05, 0) is 6.42 Å². The van der Waals surface area contributed by atoms with Crippen LogP contribution >= 0.6 is 0 Å². The summed E-state index contributed by atoms with van der Waals surface area (Å²) in [5.41, 5.74) is 6.25. The van der Waals surface area contributed by atoms with Crippen LogP contribution in [-0.2, 0) is 6.42 Å². The third kappa shape index (κ3) is 2.26. The first-order chi connectivity index (χ1) is 5.34. The highest BCUT2D eigenvalue weighted by atomic mass is 16.5. The summed E-state index contributed by atoms with van der Waals surface area (Å²) >= 11 is 0. The van der Waals surface area contributed by atoms with Gasteiger partial charge in [0.25, 0.3) is 0 Å². The third-order valence-electron chi connectivity index (χ3n) is 1.68. The molecule has 0 atom stereocenters. The number of anilines is 1. The van der Waals surface area contributed by atoms with Gasteiger partial charge in [-0.25, -0.2) is 0 Å². The first-order valence-electron chi connectivity index (χ1n) is 4.03. The van der Waals surface area contributed by atoms with E-state index in [1.807, 2.05) is 0 Å². The van der Waals surface area contributed by atoms with Crippen molar-refractivity contribution in [1.82, 2.24) is 5.16 Å². The Morgan fingerprint density at radius 2 is 2.36 bits per heavy atom. The van der Waals surface area contributed by atoms with E-state index in [1.165, 1.54) is 12.8 Å². The topological polar surface area (TPSA) is 52.0 Å². The van der Waals surface area contributed by atoms with Crippen LogP contribution in [-0.4, -0.2) is 5.16 Å². The van der Waals surface area contributed by atoms with Crippen LogP contribution in [0.5, 0.6) is 0 Å². The van der Waals surface area contributed by atoms with Crippen LogP contribution in [0.1, 0.15) is 31.9 Å². The van der Waals surface area contributed by atoms with Crippen molar-refractivity contribution in [1.29, 1.82) is 0 Å². The second-order valence-electron chi connectivity index (χ2n) is 2.66. The van der Waals surface area contributed by atoms with Crippen molar-refractivity contribution in [2.45, 2.75) is 32.6 Å². The Hall–Kier alpha value is -0.990. The predicted molar refractivity (Wildman–Crippen MR) is 44.1 cm³/mol. The lowest BCUT2D eigenvalue weighted by molar-refractivity contribution is 0.380. The fraction of sp³-hybridized carbons (Fsp3) is 0.625. The molecule has 1 rings (SSSR count). The summed E-state index contributed by atoms with van der Waals surface area (Å²) in [6, 6.07) is 0. The Labute approximate surface area is 66.6 Å². The number of hydrogen-bond donors (Lipinski definition) is 1. The smallest absolute Gasteiger partial charge is 0.159 e. The molecule has 0 saturated carbocycles. The number of aromatic nitrogens is 1. The Balaban J connectivity index is 2.32. The molecule has 1 aromatic heterocycles. The van der Waals surface area contributed by atoms with Crippen LogP contribution in [0.2, 0.25) is 0 Å². The minimum Gasteiger partial charge on any atom is -0.395 e. The molecule has 3 nitrogen and oxygen atoms in total. The van der Waals surface area contributed by atoms with E-state index in [-0.39, 0.29) is 0 Å². The van der Waals surface area contributed by atoms with E-state index in [4.69, 9.17) is 10.3 Å². The van der Waals surface area contributed by atoms with Gasteiger partial charge in [0.05, 0.1) is 11.9 Å². The summed E-state index contributed by atoms with van der Waals surface area (Å²) in [5, 5.41) is 3.60. The Kier molecular flexibility index (Phi) is 2.95. The van der Waals surface area contributed by atoms with E-state index in [0.717, 1.165) is 18.6 Å². The van der Waals surface area contributed by atoms with Crippen molar-refractivity contribution in [3.63, 3.8) is 0 Å². The van der Waals surface area contributed by atoms with Crippen LogP contribution in [0.3, 0.4) is 0 Å². The van der Waals surface area contributed by atoms with Gasteiger partial charge in [-0.15, -0.1) is 0 Å². The standard InChI is InChI=1S/C8H14N2O/c1-2-3-4-5-8-7(9)6-10-11-8/h6H,2-5,9H2,1H3. The second-order valence-corrected chi connectivity index (χ2v) is 2.66. The fourth-order valence-electron chi connectivity index (χ4n) is 0.997. The SMILES string of the molecule is CCCCCc1oncc1N. The quantitative estimate of drug-likeness (QED) is 0.675. The van der Waals surface area contributed by atoms with Crippen molar-refractivity contribution in [3.05, 3.63) is 12.0 Å². The number of hydrogen-bond acceptors (Lipinski definition) is 3. The minimum absolute atomic E-state index is 0.682. The maximum absolute atomic E-state index is 5.57. The largest absolute Gasteiger partial charge is 0.395 e. The molecule has 0 bridgehead atoms. The maximum Gasteiger partial charge on any atom is 0.159 e. The molecule has 0 fully saturated rings. The Morgan fingerprint density at radius 3 is 2.91 bits per heavy atom. The van der Waals surface area contributed by atoms with E-state index >= 15 is 0 Å². The van der Waals surface area contributed by atoms with Crippen LogP contribution in [0.15, 0.2) is 10.7 Å². The molecule has 0 spiro atoms. The summed E-state index contributed by atoms with van der Waals surface area (Å²) in [6.07, 6.45) is 6.05. The summed E-state index contributed by atoms with van der Waals surface area (Å²) in [7, 11) is 0. The molecule has 1 aromatic rings. The Bertz CT molecular complexity index is 208. The average Bonchev–Trinajstić information content (AvgIpc) is 2.37. The first-order valence-corrected chi connectivity index (χ1v) is 4.03. The van der Waals surface area contributed by atoms with Crippen LogP contribution in [0, 0.1) is 0 Å². The normalized spacial score (nSPS) is 10.3. The molecule has 0 radical (unpaired) electrons. The lowest BCUT2D eigenvalue weighted by atomic mass is 10.1. The molecule has 0 unspecified atom stereocenters. The second kappa shape index (κ2) is 4.01. The van der Waals surface area contributed by atoms with Crippen LogP contribution in [0.4, 0.5) is 5.69 Å². The molecule has 11 heavy (non-hydrogen) atoms. The summed E-state index contributed by atoms with van der Waals surface area (Å²) in [6.45, 7) is 2.17. The number of nitrogens with zero attached hydrogens (tertiary/aromatic N) is 1. The van der Waals surface area contributed by atoms with Gasteiger partial charge in [-0.2, -0.15) is 0 Å². The van der Waals surface area contributed by atoms with E-state index in [9.17, 15) is 0 Å². The van der Waals surface area contributed by atoms with Crippen molar-refractivity contribution in [3.8, 4) is 0 Å². The first kappa shape index (κ1) is 8.11. The third-order valence-corrected chi connectivity index (χ3v) is 1.68. The predicted octanol–water partition coefficient (Wildman–Crippen LogP) is 1.99. The highest BCUT2D eigenvalue weighted by Crippen LogP contribution is 2.13.